The Morgan fingerprint density at radius 3 is 2.48 bits per heavy atom. The van der Waals surface area contributed by atoms with Gasteiger partial charge in [0.05, 0.1) is 67.0 Å². The van der Waals surface area contributed by atoms with Gasteiger partial charge in [-0.15, -0.1) is 0 Å². The van der Waals surface area contributed by atoms with Crippen LogP contribution in [0.15, 0.2) is 43.2 Å². The van der Waals surface area contributed by atoms with E-state index in [1.807, 2.05) is 29.2 Å². The molecule has 4 aromatic heterocycles. The number of hydrogen-bond acceptors (Lipinski definition) is 6. The summed E-state index contributed by atoms with van der Waals surface area (Å²) >= 11 is 0. The smallest absolute Gasteiger partial charge is 0.0999 e. The van der Waals surface area contributed by atoms with Crippen molar-refractivity contribution in [1.82, 2.24) is 34.2 Å². The Hall–Kier alpha value is -3.04. The fourth-order valence-corrected chi connectivity index (χ4v) is 4.46. The van der Waals surface area contributed by atoms with Crippen LogP contribution in [0.5, 0.6) is 0 Å². The molecule has 1 atom stereocenters. The maximum atomic E-state index is 9.68. The Morgan fingerprint density at radius 2 is 1.74 bits per heavy atom. The van der Waals surface area contributed by atoms with Crippen LogP contribution in [0.3, 0.4) is 0 Å². The Labute approximate surface area is 179 Å². The highest BCUT2D eigenvalue weighted by molar-refractivity contribution is 5.78. The van der Waals surface area contributed by atoms with Crippen LogP contribution in [0.1, 0.15) is 31.7 Å². The summed E-state index contributed by atoms with van der Waals surface area (Å²) in [6.45, 7) is -0.0760. The molecule has 2 fully saturated rings. The molecule has 2 aliphatic rings. The average Bonchev–Trinajstić information content (AvgIpc) is 3.63. The largest absolute Gasteiger partial charge is 0.394 e. The summed E-state index contributed by atoms with van der Waals surface area (Å²) in [5, 5.41) is 32.2. The third kappa shape index (κ3) is 3.53. The lowest BCUT2D eigenvalue weighted by atomic mass is 10.1. The van der Waals surface area contributed by atoms with E-state index in [2.05, 4.69) is 21.1 Å². The van der Waals surface area contributed by atoms with E-state index in [0.717, 1.165) is 39.9 Å². The maximum absolute atomic E-state index is 9.68. The summed E-state index contributed by atoms with van der Waals surface area (Å²) in [5.74, 6) is 1.55. The van der Waals surface area contributed by atoms with E-state index in [4.69, 9.17) is 15.2 Å². The summed E-state index contributed by atoms with van der Waals surface area (Å²) in [7, 11) is 0. The maximum Gasteiger partial charge on any atom is 0.0999 e. The van der Waals surface area contributed by atoms with Crippen molar-refractivity contribution in [2.75, 3.05) is 6.61 Å². The van der Waals surface area contributed by atoms with Gasteiger partial charge in [0.25, 0.3) is 0 Å². The summed E-state index contributed by atoms with van der Waals surface area (Å²) in [4.78, 5) is 4.94. The monoisotopic (exact) mass is 419 g/mol. The molecule has 4 heterocycles. The van der Waals surface area contributed by atoms with Crippen molar-refractivity contribution in [1.29, 1.82) is 0 Å². The van der Waals surface area contributed by atoms with Crippen LogP contribution < -0.4 is 0 Å². The Kier molecular flexibility index (Phi) is 4.39. The van der Waals surface area contributed by atoms with Crippen LogP contribution in [-0.2, 0) is 6.54 Å². The third-order valence-electron chi connectivity index (χ3n) is 6.32. The van der Waals surface area contributed by atoms with Crippen molar-refractivity contribution in [2.24, 2.45) is 11.8 Å². The molecule has 0 aliphatic heterocycles. The van der Waals surface area contributed by atoms with Crippen LogP contribution >= 0.6 is 0 Å². The van der Waals surface area contributed by atoms with Crippen molar-refractivity contribution in [2.45, 2.75) is 44.4 Å². The van der Waals surface area contributed by atoms with Crippen molar-refractivity contribution in [3.05, 3.63) is 43.2 Å². The van der Waals surface area contributed by atoms with Crippen LogP contribution in [0.25, 0.3) is 28.0 Å². The number of fused-ring (bicyclic) bond motifs is 1. The van der Waals surface area contributed by atoms with Gasteiger partial charge in [0.2, 0.25) is 0 Å². The van der Waals surface area contributed by atoms with E-state index in [0.29, 0.717) is 6.04 Å². The second-order valence-corrected chi connectivity index (χ2v) is 8.80. The fraction of sp³-hybridized carbons (Fsp3) is 0.455. The molecule has 0 spiro atoms. The van der Waals surface area contributed by atoms with E-state index in [1.54, 1.807) is 17.1 Å². The zero-order valence-electron chi connectivity index (χ0n) is 17.1. The Balaban J connectivity index is 1.37. The van der Waals surface area contributed by atoms with E-state index in [1.165, 1.54) is 25.7 Å². The molecule has 0 bridgehead atoms. The number of nitrogens with zero attached hydrogens (tertiary/aromatic N) is 7. The summed E-state index contributed by atoms with van der Waals surface area (Å²) in [5.41, 5.74) is 4.33. The summed E-state index contributed by atoms with van der Waals surface area (Å²) in [6, 6.07) is 2.48. The predicted octanol–water partition coefficient (Wildman–Crippen LogP) is 2.17. The van der Waals surface area contributed by atoms with Crippen LogP contribution in [0.4, 0.5) is 0 Å². The first kappa shape index (κ1) is 18.7. The third-order valence-corrected chi connectivity index (χ3v) is 6.32. The quantitative estimate of drug-likeness (QED) is 0.453. The van der Waals surface area contributed by atoms with Crippen molar-refractivity contribution < 1.29 is 10.2 Å². The second kappa shape index (κ2) is 7.28. The minimum absolute atomic E-state index is 0.226. The fourth-order valence-electron chi connectivity index (χ4n) is 4.46. The average molecular weight is 419 g/mol. The highest BCUT2D eigenvalue weighted by Crippen LogP contribution is 2.52. The van der Waals surface area contributed by atoms with Gasteiger partial charge in [-0.05, 0) is 43.6 Å². The number of aromatic nitrogens is 7. The molecular formula is C22H25N7O2. The van der Waals surface area contributed by atoms with Gasteiger partial charge in [0, 0.05) is 23.5 Å². The minimum Gasteiger partial charge on any atom is -0.394 e. The highest BCUT2D eigenvalue weighted by atomic mass is 16.3. The molecule has 2 aliphatic carbocycles. The molecule has 0 saturated heterocycles. The molecule has 31 heavy (non-hydrogen) atoms. The van der Waals surface area contributed by atoms with E-state index in [9.17, 15) is 5.11 Å². The standard InChI is InChI=1S/C22H25N7O2/c30-13-18(31)11-27-9-16(7-24-27)19-12-28-20(5-6-23-28)21(26-19)17-8-25-29(10-17)22(14-1-2-14)15-3-4-15/h5-10,12,14-15,18,22,30-31H,1-4,11,13H2. The van der Waals surface area contributed by atoms with Gasteiger partial charge in [-0.1, -0.05) is 0 Å². The zero-order chi connectivity index (χ0) is 20.9. The molecule has 1 unspecified atom stereocenters. The predicted molar refractivity (Wildman–Crippen MR) is 113 cm³/mol. The van der Waals surface area contributed by atoms with Gasteiger partial charge in [-0.25, -0.2) is 9.50 Å². The molecule has 9 nitrogen and oxygen atoms in total. The summed E-state index contributed by atoms with van der Waals surface area (Å²) in [6.07, 6.45) is 15.6. The molecular weight excluding hydrogens is 394 g/mol. The van der Waals surface area contributed by atoms with Crippen molar-refractivity contribution >= 4 is 5.52 Å². The molecule has 6 rings (SSSR count). The molecule has 0 amide bonds. The number of hydrogen-bond donors (Lipinski definition) is 2. The number of aliphatic hydroxyl groups is 2. The lowest BCUT2D eigenvalue weighted by molar-refractivity contribution is 0.0783. The SMILES string of the molecule is OCC(O)Cn1cc(-c2cn3nccc3c(-c3cnn(C(C4CC4)C4CC4)c3)n2)cn1. The van der Waals surface area contributed by atoms with Crippen molar-refractivity contribution in [3.63, 3.8) is 0 Å². The molecule has 0 aromatic carbocycles. The van der Waals surface area contributed by atoms with Crippen molar-refractivity contribution in [3.8, 4) is 22.5 Å². The van der Waals surface area contributed by atoms with Gasteiger partial charge in [-0.2, -0.15) is 15.3 Å². The van der Waals surface area contributed by atoms with Gasteiger partial charge in [-0.3, -0.25) is 9.36 Å². The first-order valence-corrected chi connectivity index (χ1v) is 10.9. The highest BCUT2D eigenvalue weighted by Gasteiger charge is 2.43. The number of aliphatic hydroxyl groups excluding tert-OH is 2. The van der Waals surface area contributed by atoms with Gasteiger partial charge in [0.15, 0.2) is 0 Å². The molecule has 4 aromatic rings. The van der Waals surface area contributed by atoms with Gasteiger partial charge < -0.3 is 10.2 Å². The first-order valence-electron chi connectivity index (χ1n) is 10.9. The summed E-state index contributed by atoms with van der Waals surface area (Å²) < 4.78 is 5.60. The van der Waals surface area contributed by atoms with Crippen LogP contribution in [-0.4, -0.2) is 57.1 Å². The molecule has 9 heteroatoms. The molecule has 160 valence electrons. The van der Waals surface area contributed by atoms with Gasteiger partial charge >= 0.3 is 0 Å². The van der Waals surface area contributed by atoms with Gasteiger partial charge in [0.1, 0.15) is 0 Å². The van der Waals surface area contributed by atoms with E-state index in [-0.39, 0.29) is 13.2 Å². The van der Waals surface area contributed by atoms with E-state index < -0.39 is 6.10 Å². The molecule has 2 saturated carbocycles. The van der Waals surface area contributed by atoms with E-state index >= 15 is 0 Å². The van der Waals surface area contributed by atoms with Crippen LogP contribution in [0, 0.1) is 11.8 Å². The Morgan fingerprint density at radius 1 is 0.968 bits per heavy atom. The molecule has 0 radical (unpaired) electrons. The Bertz CT molecular complexity index is 1210. The topological polar surface area (TPSA) is 106 Å². The lowest BCUT2D eigenvalue weighted by Crippen LogP contribution is -2.19. The van der Waals surface area contributed by atoms with Crippen LogP contribution in [0.2, 0.25) is 0 Å². The first-order chi connectivity index (χ1) is 15.2. The minimum atomic E-state index is -0.846. The zero-order valence-corrected chi connectivity index (χ0v) is 17.1. The normalized spacial score (nSPS) is 17.6. The number of rotatable bonds is 8. The second-order valence-electron chi connectivity index (χ2n) is 8.80. The lowest BCUT2D eigenvalue weighted by Gasteiger charge is -2.15. The molecule has 2 N–H and O–H groups in total.